The number of amides is 2. The Morgan fingerprint density at radius 1 is 1.00 bits per heavy atom. The molecule has 0 aliphatic carbocycles. The van der Waals surface area contributed by atoms with E-state index in [1.165, 1.54) is 6.07 Å². The molecule has 0 bridgehead atoms. The summed E-state index contributed by atoms with van der Waals surface area (Å²) in [6.45, 7) is 6.74. The molecule has 29 heavy (non-hydrogen) atoms. The molecule has 0 radical (unpaired) electrons. The zero-order valence-electron chi connectivity index (χ0n) is 16.5. The molecule has 0 saturated carbocycles. The van der Waals surface area contributed by atoms with Crippen molar-refractivity contribution in [3.63, 3.8) is 0 Å². The third-order valence-electron chi connectivity index (χ3n) is 5.09. The maximum atomic E-state index is 14.7. The van der Waals surface area contributed by atoms with Crippen LogP contribution in [0.25, 0.3) is 10.9 Å². The lowest BCUT2D eigenvalue weighted by atomic mass is 10.1. The first kappa shape index (κ1) is 19.1. The molecule has 0 unspecified atom stereocenters. The highest BCUT2D eigenvalue weighted by Crippen LogP contribution is 2.25. The molecule has 0 spiro atoms. The summed E-state index contributed by atoms with van der Waals surface area (Å²) in [5, 5.41) is 6.09. The fourth-order valence-electron chi connectivity index (χ4n) is 3.33. The molecule has 7 heteroatoms. The van der Waals surface area contributed by atoms with Crippen molar-refractivity contribution < 1.29 is 13.9 Å². The van der Waals surface area contributed by atoms with E-state index in [1.807, 2.05) is 44.2 Å². The third-order valence-corrected chi connectivity index (χ3v) is 5.09. The molecule has 1 saturated heterocycles. The van der Waals surface area contributed by atoms with Crippen LogP contribution in [-0.4, -0.2) is 37.3 Å². The number of carbonyl (C=O) groups excluding carboxylic acids is 1. The number of pyridine rings is 1. The Morgan fingerprint density at radius 3 is 2.52 bits per heavy atom. The van der Waals surface area contributed by atoms with E-state index < -0.39 is 11.8 Å². The number of benzene rings is 2. The number of urea groups is 1. The minimum atomic E-state index is -0.473. The summed E-state index contributed by atoms with van der Waals surface area (Å²) >= 11 is 0. The Bertz CT molecular complexity index is 1060. The normalized spacial score (nSPS) is 14.1. The number of hydrogen-bond acceptors (Lipinski definition) is 4. The van der Waals surface area contributed by atoms with Crippen LogP contribution in [0.2, 0.25) is 0 Å². The topological polar surface area (TPSA) is 66.5 Å². The molecule has 4 rings (SSSR count). The molecule has 1 aliphatic rings. The van der Waals surface area contributed by atoms with E-state index in [-0.39, 0.29) is 5.52 Å². The number of halogens is 1. The van der Waals surface area contributed by atoms with Gasteiger partial charge in [0.1, 0.15) is 11.3 Å². The highest BCUT2D eigenvalue weighted by atomic mass is 19.1. The van der Waals surface area contributed by atoms with Crippen molar-refractivity contribution in [2.75, 3.05) is 41.8 Å². The number of anilines is 3. The number of aryl methyl sites for hydroxylation is 2. The number of hydrogen-bond donors (Lipinski definition) is 2. The third kappa shape index (κ3) is 4.30. The highest BCUT2D eigenvalue weighted by molar-refractivity contribution is 6.01. The SMILES string of the molecule is Cc1ccc(NC(=O)Nc2cc(F)c3nc(N4CCOCC4)ccc3c2)cc1C. The second-order valence-electron chi connectivity index (χ2n) is 7.18. The van der Waals surface area contributed by atoms with Gasteiger partial charge < -0.3 is 20.3 Å². The van der Waals surface area contributed by atoms with Crippen molar-refractivity contribution in [2.24, 2.45) is 0 Å². The maximum absolute atomic E-state index is 14.7. The molecule has 1 aliphatic heterocycles. The number of aromatic nitrogens is 1. The molecule has 3 aromatic rings. The van der Waals surface area contributed by atoms with Gasteiger partial charge in [-0.3, -0.25) is 0 Å². The molecule has 2 heterocycles. The van der Waals surface area contributed by atoms with Crippen LogP contribution >= 0.6 is 0 Å². The van der Waals surface area contributed by atoms with Crippen LogP contribution in [0, 0.1) is 19.7 Å². The molecule has 2 N–H and O–H groups in total. The molecular weight excluding hydrogens is 371 g/mol. The van der Waals surface area contributed by atoms with Gasteiger partial charge in [0.25, 0.3) is 0 Å². The summed E-state index contributed by atoms with van der Waals surface area (Å²) in [6, 6.07) is 11.9. The zero-order chi connectivity index (χ0) is 20.4. The van der Waals surface area contributed by atoms with Gasteiger partial charge in [-0.25, -0.2) is 14.2 Å². The van der Waals surface area contributed by atoms with Gasteiger partial charge in [-0.2, -0.15) is 0 Å². The minimum Gasteiger partial charge on any atom is -0.378 e. The van der Waals surface area contributed by atoms with Gasteiger partial charge in [0.2, 0.25) is 0 Å². The predicted octanol–water partition coefficient (Wildman–Crippen LogP) is 4.47. The van der Waals surface area contributed by atoms with Gasteiger partial charge >= 0.3 is 6.03 Å². The fraction of sp³-hybridized carbons (Fsp3) is 0.273. The van der Waals surface area contributed by atoms with Crippen LogP contribution in [0.3, 0.4) is 0 Å². The van der Waals surface area contributed by atoms with Gasteiger partial charge in [-0.1, -0.05) is 6.07 Å². The summed E-state index contributed by atoms with van der Waals surface area (Å²) in [5.74, 6) is 0.256. The van der Waals surface area contributed by atoms with E-state index in [4.69, 9.17) is 4.74 Å². The van der Waals surface area contributed by atoms with Crippen LogP contribution in [0.5, 0.6) is 0 Å². The fourth-order valence-corrected chi connectivity index (χ4v) is 3.33. The minimum absolute atomic E-state index is 0.286. The van der Waals surface area contributed by atoms with E-state index in [1.54, 1.807) is 6.07 Å². The van der Waals surface area contributed by atoms with E-state index in [9.17, 15) is 9.18 Å². The highest BCUT2D eigenvalue weighted by Gasteiger charge is 2.15. The lowest BCUT2D eigenvalue weighted by molar-refractivity contribution is 0.122. The van der Waals surface area contributed by atoms with Gasteiger partial charge in [-0.15, -0.1) is 0 Å². The molecule has 1 aromatic heterocycles. The summed E-state index contributed by atoms with van der Waals surface area (Å²) in [5.41, 5.74) is 3.58. The van der Waals surface area contributed by atoms with E-state index >= 15 is 0 Å². The summed E-state index contributed by atoms with van der Waals surface area (Å²) < 4.78 is 20.0. The average Bonchev–Trinajstić information content (AvgIpc) is 2.71. The van der Waals surface area contributed by atoms with Crippen LogP contribution < -0.4 is 15.5 Å². The first-order valence-corrected chi connectivity index (χ1v) is 9.58. The van der Waals surface area contributed by atoms with E-state index in [0.29, 0.717) is 30.0 Å². The smallest absolute Gasteiger partial charge is 0.323 e. The quantitative estimate of drug-likeness (QED) is 0.688. The molecule has 2 aromatic carbocycles. The van der Waals surface area contributed by atoms with Gasteiger partial charge in [0.15, 0.2) is 5.82 Å². The van der Waals surface area contributed by atoms with Crippen LogP contribution in [0.1, 0.15) is 11.1 Å². The van der Waals surface area contributed by atoms with Crippen molar-refractivity contribution in [1.82, 2.24) is 4.98 Å². The zero-order valence-corrected chi connectivity index (χ0v) is 16.5. The van der Waals surface area contributed by atoms with Gasteiger partial charge in [0.05, 0.1) is 13.2 Å². The first-order valence-electron chi connectivity index (χ1n) is 9.58. The van der Waals surface area contributed by atoms with Crippen LogP contribution in [0.15, 0.2) is 42.5 Å². The molecule has 1 fully saturated rings. The maximum Gasteiger partial charge on any atom is 0.323 e. The summed E-state index contributed by atoms with van der Waals surface area (Å²) in [7, 11) is 0. The molecule has 6 nitrogen and oxygen atoms in total. The number of morpholine rings is 1. The van der Waals surface area contributed by atoms with Gasteiger partial charge in [0, 0.05) is 29.9 Å². The van der Waals surface area contributed by atoms with Crippen LogP contribution in [-0.2, 0) is 4.74 Å². The Hall–Kier alpha value is -3.19. The summed E-state index contributed by atoms with van der Waals surface area (Å²) in [4.78, 5) is 18.9. The standard InChI is InChI=1S/C22H23FN4O2/c1-14-3-5-17(11-15(14)2)24-22(28)25-18-12-16-4-6-20(26-21(16)19(23)13-18)27-7-9-29-10-8-27/h3-6,11-13H,7-10H2,1-2H3,(H2,24,25,28). The number of carbonyl (C=O) groups is 1. The van der Waals surface area contributed by atoms with Gasteiger partial charge in [-0.05, 0) is 61.4 Å². The van der Waals surface area contributed by atoms with Crippen molar-refractivity contribution in [2.45, 2.75) is 13.8 Å². The Kier molecular flexibility index (Phi) is 5.31. The number of ether oxygens (including phenoxy) is 1. The number of nitrogens with one attached hydrogen (secondary N) is 2. The van der Waals surface area contributed by atoms with Crippen molar-refractivity contribution in [3.8, 4) is 0 Å². The summed E-state index contributed by atoms with van der Waals surface area (Å²) in [6.07, 6.45) is 0. The molecule has 150 valence electrons. The predicted molar refractivity (Wildman–Crippen MR) is 113 cm³/mol. The largest absolute Gasteiger partial charge is 0.378 e. The van der Waals surface area contributed by atoms with E-state index in [2.05, 4.69) is 20.5 Å². The second-order valence-corrected chi connectivity index (χ2v) is 7.18. The Morgan fingerprint density at radius 2 is 1.76 bits per heavy atom. The number of fused-ring (bicyclic) bond motifs is 1. The Balaban J connectivity index is 1.51. The van der Waals surface area contributed by atoms with Crippen LogP contribution in [0.4, 0.5) is 26.4 Å². The number of nitrogens with zero attached hydrogens (tertiary/aromatic N) is 2. The number of rotatable bonds is 3. The molecule has 2 amide bonds. The van der Waals surface area contributed by atoms with Crippen molar-refractivity contribution >= 4 is 34.1 Å². The van der Waals surface area contributed by atoms with Crippen molar-refractivity contribution in [3.05, 3.63) is 59.4 Å². The lowest BCUT2D eigenvalue weighted by Gasteiger charge is -2.28. The first-order chi connectivity index (χ1) is 14.0. The lowest BCUT2D eigenvalue weighted by Crippen LogP contribution is -2.36. The molecule has 0 atom stereocenters. The average molecular weight is 394 g/mol. The van der Waals surface area contributed by atoms with Crippen molar-refractivity contribution in [1.29, 1.82) is 0 Å². The monoisotopic (exact) mass is 394 g/mol. The van der Waals surface area contributed by atoms with E-state index in [0.717, 1.165) is 30.0 Å². The second kappa shape index (κ2) is 8.05. The Labute approximate surface area is 168 Å². The molecular formula is C22H23FN4O2.